The van der Waals surface area contributed by atoms with Crippen molar-refractivity contribution in [1.82, 2.24) is 4.90 Å². The van der Waals surface area contributed by atoms with E-state index in [1.807, 2.05) is 0 Å². The Balaban J connectivity index is 2.08. The highest BCUT2D eigenvalue weighted by atomic mass is 19.1. The summed E-state index contributed by atoms with van der Waals surface area (Å²) in [7, 11) is 0. The molecular formula is C15H18FNO3. The average Bonchev–Trinajstić information content (AvgIpc) is 2.67. The molecule has 108 valence electrons. The van der Waals surface area contributed by atoms with Gasteiger partial charge in [0, 0.05) is 6.54 Å². The quantitative estimate of drug-likeness (QED) is 0.923. The van der Waals surface area contributed by atoms with Gasteiger partial charge >= 0.3 is 5.97 Å². The summed E-state index contributed by atoms with van der Waals surface area (Å²) in [5, 5.41) is 9.24. The molecule has 1 atom stereocenters. The molecule has 1 heterocycles. The van der Waals surface area contributed by atoms with Crippen molar-refractivity contribution in [2.24, 2.45) is 0 Å². The van der Waals surface area contributed by atoms with Gasteiger partial charge < -0.3 is 10.0 Å². The number of likely N-dealkylation sites (tertiary alicyclic amines) is 1. The number of aliphatic carboxylic acids is 1. The first-order valence-corrected chi connectivity index (χ1v) is 6.84. The third kappa shape index (κ3) is 3.56. The number of benzene rings is 1. The number of hydrogen-bond acceptors (Lipinski definition) is 2. The molecule has 0 radical (unpaired) electrons. The van der Waals surface area contributed by atoms with Gasteiger partial charge in [0.25, 0.3) is 0 Å². The van der Waals surface area contributed by atoms with Crippen molar-refractivity contribution in [2.45, 2.75) is 38.1 Å². The molecule has 1 N–H and O–H groups in total. The summed E-state index contributed by atoms with van der Waals surface area (Å²) < 4.78 is 12.8. The van der Waals surface area contributed by atoms with Gasteiger partial charge in [0.2, 0.25) is 5.91 Å². The molecule has 0 aliphatic carbocycles. The van der Waals surface area contributed by atoms with Crippen LogP contribution < -0.4 is 0 Å². The lowest BCUT2D eigenvalue weighted by Gasteiger charge is -2.27. The van der Waals surface area contributed by atoms with Crippen molar-refractivity contribution < 1.29 is 19.1 Å². The maximum atomic E-state index is 12.8. The summed E-state index contributed by atoms with van der Waals surface area (Å²) in [6, 6.07) is 4.99. The average molecular weight is 279 g/mol. The molecule has 2 rings (SSSR count). The second-order valence-electron chi connectivity index (χ2n) is 5.09. The predicted molar refractivity (Wildman–Crippen MR) is 71.7 cm³/mol. The summed E-state index contributed by atoms with van der Waals surface area (Å²) in [6.45, 7) is 0.483. The Morgan fingerprint density at radius 3 is 2.55 bits per heavy atom. The topological polar surface area (TPSA) is 57.6 Å². The van der Waals surface area contributed by atoms with E-state index >= 15 is 0 Å². The van der Waals surface area contributed by atoms with Gasteiger partial charge in [-0.2, -0.15) is 0 Å². The fourth-order valence-corrected chi connectivity index (χ4v) is 2.54. The first-order valence-electron chi connectivity index (χ1n) is 6.84. The SMILES string of the molecule is O=C(O)C1CCCCCN1C(=O)Cc1ccc(F)cc1. The fourth-order valence-electron chi connectivity index (χ4n) is 2.54. The number of halogens is 1. The zero-order chi connectivity index (χ0) is 14.5. The molecule has 20 heavy (non-hydrogen) atoms. The standard InChI is InChI=1S/C15H18FNO3/c16-12-7-5-11(6-8-12)10-14(18)17-9-3-1-2-4-13(17)15(19)20/h5-8,13H,1-4,9-10H2,(H,19,20). The Morgan fingerprint density at radius 2 is 1.90 bits per heavy atom. The van der Waals surface area contributed by atoms with Crippen LogP contribution in [0.5, 0.6) is 0 Å². The minimum Gasteiger partial charge on any atom is -0.480 e. The van der Waals surface area contributed by atoms with E-state index in [1.165, 1.54) is 17.0 Å². The van der Waals surface area contributed by atoms with E-state index < -0.39 is 12.0 Å². The van der Waals surface area contributed by atoms with Crippen LogP contribution in [0.15, 0.2) is 24.3 Å². The molecule has 1 unspecified atom stereocenters. The third-order valence-corrected chi connectivity index (χ3v) is 3.63. The van der Waals surface area contributed by atoms with Crippen molar-refractivity contribution in [1.29, 1.82) is 0 Å². The lowest BCUT2D eigenvalue weighted by Crippen LogP contribution is -2.45. The molecule has 1 fully saturated rings. The van der Waals surface area contributed by atoms with Gasteiger partial charge in [0.05, 0.1) is 6.42 Å². The zero-order valence-electron chi connectivity index (χ0n) is 11.2. The van der Waals surface area contributed by atoms with E-state index in [2.05, 4.69) is 0 Å². The van der Waals surface area contributed by atoms with E-state index in [0.717, 1.165) is 19.3 Å². The van der Waals surface area contributed by atoms with Gasteiger partial charge in [-0.25, -0.2) is 9.18 Å². The molecule has 0 aromatic heterocycles. The smallest absolute Gasteiger partial charge is 0.326 e. The molecule has 1 aliphatic rings. The van der Waals surface area contributed by atoms with Gasteiger partial charge in [-0.1, -0.05) is 25.0 Å². The number of amides is 1. The summed E-state index contributed by atoms with van der Waals surface area (Å²) in [6.07, 6.45) is 3.23. The van der Waals surface area contributed by atoms with Gasteiger partial charge in [-0.05, 0) is 30.5 Å². The fraction of sp³-hybridized carbons (Fsp3) is 0.467. The summed E-state index contributed by atoms with van der Waals surface area (Å²) >= 11 is 0. The number of carbonyl (C=O) groups is 2. The monoisotopic (exact) mass is 279 g/mol. The minimum atomic E-state index is -0.945. The maximum absolute atomic E-state index is 12.8. The summed E-state index contributed by atoms with van der Waals surface area (Å²) in [5.74, 6) is -1.50. The van der Waals surface area contributed by atoms with Gasteiger partial charge in [-0.3, -0.25) is 4.79 Å². The Hall–Kier alpha value is -1.91. The zero-order valence-corrected chi connectivity index (χ0v) is 11.2. The van der Waals surface area contributed by atoms with Crippen molar-refractivity contribution >= 4 is 11.9 Å². The number of hydrogen-bond donors (Lipinski definition) is 1. The molecular weight excluding hydrogens is 261 g/mol. The molecule has 0 saturated carbocycles. The van der Waals surface area contributed by atoms with E-state index in [0.29, 0.717) is 18.5 Å². The second kappa shape index (κ2) is 6.50. The number of rotatable bonds is 3. The highest BCUT2D eigenvalue weighted by Crippen LogP contribution is 2.18. The van der Waals surface area contributed by atoms with E-state index in [4.69, 9.17) is 0 Å². The number of carbonyl (C=O) groups excluding carboxylic acids is 1. The molecule has 0 bridgehead atoms. The van der Waals surface area contributed by atoms with Crippen LogP contribution in [0.1, 0.15) is 31.2 Å². The van der Waals surface area contributed by atoms with Crippen LogP contribution in [0.25, 0.3) is 0 Å². The normalized spacial score (nSPS) is 19.4. The molecule has 1 saturated heterocycles. The predicted octanol–water partition coefficient (Wildman–Crippen LogP) is 2.22. The maximum Gasteiger partial charge on any atom is 0.326 e. The third-order valence-electron chi connectivity index (χ3n) is 3.63. The number of carboxylic acid groups (broad SMARTS) is 1. The van der Waals surface area contributed by atoms with E-state index in [-0.39, 0.29) is 18.1 Å². The first-order chi connectivity index (χ1) is 9.58. The molecule has 4 nitrogen and oxygen atoms in total. The molecule has 5 heteroatoms. The van der Waals surface area contributed by atoms with Crippen molar-refractivity contribution in [3.05, 3.63) is 35.6 Å². The first kappa shape index (κ1) is 14.5. The molecule has 0 spiro atoms. The van der Waals surface area contributed by atoms with Gasteiger partial charge in [0.1, 0.15) is 11.9 Å². The van der Waals surface area contributed by atoms with E-state index in [1.54, 1.807) is 12.1 Å². The number of carboxylic acids is 1. The summed E-state index contributed by atoms with van der Waals surface area (Å²) in [4.78, 5) is 25.0. The van der Waals surface area contributed by atoms with Crippen LogP contribution in [0.3, 0.4) is 0 Å². The van der Waals surface area contributed by atoms with Crippen LogP contribution in [0, 0.1) is 5.82 Å². The highest BCUT2D eigenvalue weighted by Gasteiger charge is 2.30. The Morgan fingerprint density at radius 1 is 1.20 bits per heavy atom. The van der Waals surface area contributed by atoms with Crippen LogP contribution in [-0.4, -0.2) is 34.5 Å². The van der Waals surface area contributed by atoms with Crippen molar-refractivity contribution in [3.63, 3.8) is 0 Å². The Bertz CT molecular complexity index is 486. The lowest BCUT2D eigenvalue weighted by molar-refractivity contribution is -0.150. The van der Waals surface area contributed by atoms with Crippen LogP contribution in [0.4, 0.5) is 4.39 Å². The molecule has 1 aliphatic heterocycles. The van der Waals surface area contributed by atoms with Crippen LogP contribution in [-0.2, 0) is 16.0 Å². The Labute approximate surface area is 117 Å². The lowest BCUT2D eigenvalue weighted by atomic mass is 10.1. The number of nitrogens with zero attached hydrogens (tertiary/aromatic N) is 1. The van der Waals surface area contributed by atoms with Crippen LogP contribution >= 0.6 is 0 Å². The summed E-state index contributed by atoms with van der Waals surface area (Å²) in [5.41, 5.74) is 0.699. The molecule has 1 aromatic carbocycles. The minimum absolute atomic E-state index is 0.115. The van der Waals surface area contributed by atoms with E-state index in [9.17, 15) is 19.1 Å². The largest absolute Gasteiger partial charge is 0.480 e. The van der Waals surface area contributed by atoms with Crippen LogP contribution in [0.2, 0.25) is 0 Å². The second-order valence-corrected chi connectivity index (χ2v) is 5.09. The molecule has 1 aromatic rings. The van der Waals surface area contributed by atoms with Gasteiger partial charge in [0.15, 0.2) is 0 Å². The highest BCUT2D eigenvalue weighted by molar-refractivity contribution is 5.85. The van der Waals surface area contributed by atoms with Gasteiger partial charge in [-0.15, -0.1) is 0 Å². The Kier molecular flexibility index (Phi) is 4.71. The van der Waals surface area contributed by atoms with Crippen molar-refractivity contribution in [3.8, 4) is 0 Å². The van der Waals surface area contributed by atoms with Crippen molar-refractivity contribution in [2.75, 3.05) is 6.54 Å². The molecule has 1 amide bonds.